The second-order valence-corrected chi connectivity index (χ2v) is 10.4. The summed E-state index contributed by atoms with van der Waals surface area (Å²) in [5.74, 6) is 0.263. The largest absolute Gasteiger partial charge is 0.345 e. The Morgan fingerprint density at radius 2 is 2.03 bits per heavy atom. The predicted octanol–water partition coefficient (Wildman–Crippen LogP) is 0.575. The van der Waals surface area contributed by atoms with Gasteiger partial charge in [0.05, 0.1) is 24.2 Å². The van der Waals surface area contributed by atoms with Gasteiger partial charge < -0.3 is 20.4 Å². The van der Waals surface area contributed by atoms with Crippen LogP contribution in [-0.4, -0.2) is 94.7 Å². The Bertz CT molecular complexity index is 1070. The van der Waals surface area contributed by atoms with Crippen molar-refractivity contribution in [1.29, 1.82) is 5.26 Å². The minimum atomic E-state index is -0.734. The van der Waals surface area contributed by atoms with Gasteiger partial charge in [-0.15, -0.1) is 0 Å². The number of hydrogen-bond acceptors (Lipinski definition) is 6. The minimum absolute atomic E-state index is 0.0473. The second kappa shape index (κ2) is 8.36. The zero-order valence-electron chi connectivity index (χ0n) is 19.9. The van der Waals surface area contributed by atoms with Crippen LogP contribution in [0.3, 0.4) is 0 Å². The molecule has 180 valence electrons. The van der Waals surface area contributed by atoms with Crippen molar-refractivity contribution < 1.29 is 14.4 Å². The first-order chi connectivity index (χ1) is 16.2. The quantitative estimate of drug-likeness (QED) is 0.659. The number of carbonyl (C=O) groups is 3. The van der Waals surface area contributed by atoms with Crippen LogP contribution in [0.4, 0.5) is 0 Å². The molecule has 1 saturated carbocycles. The average molecular weight is 465 g/mol. The molecule has 34 heavy (non-hydrogen) atoms. The van der Waals surface area contributed by atoms with Crippen molar-refractivity contribution in [2.24, 2.45) is 11.7 Å². The summed E-state index contributed by atoms with van der Waals surface area (Å²) in [6, 6.07) is 8.39. The Morgan fingerprint density at radius 1 is 1.26 bits per heavy atom. The van der Waals surface area contributed by atoms with Gasteiger partial charge in [0.25, 0.3) is 5.91 Å². The molecule has 1 aromatic rings. The molecule has 9 heteroatoms. The van der Waals surface area contributed by atoms with Gasteiger partial charge in [0, 0.05) is 44.8 Å². The van der Waals surface area contributed by atoms with E-state index in [1.54, 1.807) is 30.0 Å². The lowest BCUT2D eigenvalue weighted by Crippen LogP contribution is -2.57. The summed E-state index contributed by atoms with van der Waals surface area (Å²) >= 11 is 0. The Labute approximate surface area is 200 Å². The minimum Gasteiger partial charge on any atom is -0.345 e. The number of nitrogens with zero attached hydrogens (tertiary/aromatic N) is 5. The number of piperazine rings is 1. The molecule has 3 amide bonds. The van der Waals surface area contributed by atoms with Crippen LogP contribution in [0.2, 0.25) is 0 Å². The fourth-order valence-electron chi connectivity index (χ4n) is 6.16. The fourth-order valence-corrected chi connectivity index (χ4v) is 6.16. The molecule has 0 radical (unpaired) electrons. The molecule has 1 aromatic carbocycles. The number of nitriles is 1. The lowest BCUT2D eigenvalue weighted by atomic mass is 10.0. The van der Waals surface area contributed by atoms with Crippen LogP contribution in [0, 0.1) is 17.2 Å². The molecule has 3 saturated heterocycles. The van der Waals surface area contributed by atoms with Crippen molar-refractivity contribution in [2.45, 2.75) is 62.4 Å². The maximum atomic E-state index is 13.3. The first-order valence-corrected chi connectivity index (χ1v) is 12.1. The molecule has 3 aliphatic heterocycles. The highest BCUT2D eigenvalue weighted by atomic mass is 16.2. The number of benzene rings is 1. The normalized spacial score (nSPS) is 31.3. The third-order valence-corrected chi connectivity index (χ3v) is 8.01. The van der Waals surface area contributed by atoms with Crippen LogP contribution in [-0.2, 0) is 9.59 Å². The van der Waals surface area contributed by atoms with E-state index >= 15 is 0 Å². The monoisotopic (exact) mass is 464 g/mol. The van der Waals surface area contributed by atoms with Gasteiger partial charge in [0.2, 0.25) is 11.8 Å². The summed E-state index contributed by atoms with van der Waals surface area (Å²) in [5.41, 5.74) is 7.84. The van der Waals surface area contributed by atoms with Crippen LogP contribution in [0.1, 0.15) is 48.1 Å². The van der Waals surface area contributed by atoms with Gasteiger partial charge in [0.15, 0.2) is 0 Å². The number of hydrogen-bond donors (Lipinski definition) is 1. The van der Waals surface area contributed by atoms with Crippen molar-refractivity contribution in [3.05, 3.63) is 35.4 Å². The van der Waals surface area contributed by atoms with Gasteiger partial charge in [-0.2, -0.15) is 5.26 Å². The fraction of sp³-hybridized carbons (Fsp3) is 0.600. The maximum Gasteiger partial charge on any atom is 0.253 e. The summed E-state index contributed by atoms with van der Waals surface area (Å²) in [4.78, 5) is 45.9. The smallest absolute Gasteiger partial charge is 0.253 e. The summed E-state index contributed by atoms with van der Waals surface area (Å²) < 4.78 is 0. The topological polar surface area (TPSA) is 114 Å². The van der Waals surface area contributed by atoms with Gasteiger partial charge in [0.1, 0.15) is 6.04 Å². The first-order valence-electron chi connectivity index (χ1n) is 12.1. The summed E-state index contributed by atoms with van der Waals surface area (Å²) in [6.07, 6.45) is 2.44. The number of piperidine rings is 1. The molecule has 1 aliphatic carbocycles. The van der Waals surface area contributed by atoms with E-state index in [4.69, 9.17) is 5.73 Å². The van der Waals surface area contributed by atoms with Crippen molar-refractivity contribution in [3.63, 3.8) is 0 Å². The van der Waals surface area contributed by atoms with E-state index in [1.807, 2.05) is 34.9 Å². The number of fused-ring (bicyclic) bond motifs is 3. The van der Waals surface area contributed by atoms with Crippen molar-refractivity contribution in [2.75, 3.05) is 27.2 Å². The van der Waals surface area contributed by atoms with E-state index in [-0.39, 0.29) is 47.9 Å². The van der Waals surface area contributed by atoms with Gasteiger partial charge in [-0.3, -0.25) is 19.3 Å². The highest BCUT2D eigenvalue weighted by Crippen LogP contribution is 2.48. The summed E-state index contributed by atoms with van der Waals surface area (Å²) in [5, 5.41) is 9.39. The highest BCUT2D eigenvalue weighted by molar-refractivity contribution is 5.94. The van der Waals surface area contributed by atoms with E-state index in [0.717, 1.165) is 24.8 Å². The summed E-state index contributed by atoms with van der Waals surface area (Å²) in [7, 11) is 3.44. The third-order valence-electron chi connectivity index (χ3n) is 8.01. The van der Waals surface area contributed by atoms with Crippen molar-refractivity contribution in [1.82, 2.24) is 19.6 Å². The molecule has 2 bridgehead atoms. The number of nitrogens with two attached hydrogens (primary N) is 1. The molecule has 0 aromatic heterocycles. The Balaban J connectivity index is 1.24. The number of carbonyl (C=O) groups excluding carboxylic acids is 3. The van der Waals surface area contributed by atoms with Gasteiger partial charge in [-0.05, 0) is 49.8 Å². The molecule has 7 atom stereocenters. The van der Waals surface area contributed by atoms with E-state index in [9.17, 15) is 19.6 Å². The zero-order valence-corrected chi connectivity index (χ0v) is 19.9. The average Bonchev–Trinajstić information content (AvgIpc) is 3.15. The van der Waals surface area contributed by atoms with Crippen molar-refractivity contribution >= 4 is 17.7 Å². The molecule has 3 heterocycles. The van der Waals surface area contributed by atoms with Crippen LogP contribution < -0.4 is 5.73 Å². The lowest BCUT2D eigenvalue weighted by Gasteiger charge is -2.38. The number of amides is 3. The Morgan fingerprint density at radius 3 is 2.71 bits per heavy atom. The van der Waals surface area contributed by atoms with Crippen LogP contribution >= 0.6 is 0 Å². The Hall–Kier alpha value is -2.96. The standard InChI is InChI=1S/C25H32N6O3/c1-14(15-5-4-6-16(7-15)23(32)28(2)3)30-19-10-22(25(30)34)29(12-19)13-20(27)24(33)31-18(11-26)8-17-9-21(17)31/h4-7,14,17-22H,8-10,12-13,27H2,1-3H3/t14-,17+,18-,19+,20-,21?,22+/m0/s1. The molecule has 4 aliphatic rings. The molecule has 0 spiro atoms. The molecule has 5 rings (SSSR count). The molecular formula is C25H32N6O3. The van der Waals surface area contributed by atoms with Crippen molar-refractivity contribution in [3.8, 4) is 6.07 Å². The van der Waals surface area contributed by atoms with E-state index in [1.165, 1.54) is 0 Å². The predicted molar refractivity (Wildman–Crippen MR) is 124 cm³/mol. The zero-order chi connectivity index (χ0) is 24.3. The van der Waals surface area contributed by atoms with E-state index in [0.29, 0.717) is 24.6 Å². The number of rotatable bonds is 6. The van der Waals surface area contributed by atoms with Crippen LogP contribution in [0.5, 0.6) is 0 Å². The van der Waals surface area contributed by atoms with E-state index in [2.05, 4.69) is 6.07 Å². The van der Waals surface area contributed by atoms with Crippen LogP contribution in [0.25, 0.3) is 0 Å². The van der Waals surface area contributed by atoms with Gasteiger partial charge in [-0.1, -0.05) is 12.1 Å². The second-order valence-electron chi connectivity index (χ2n) is 10.4. The molecule has 1 unspecified atom stereocenters. The maximum absolute atomic E-state index is 13.3. The molecule has 4 fully saturated rings. The Kier molecular flexibility index (Phi) is 5.61. The molecule has 9 nitrogen and oxygen atoms in total. The number of likely N-dealkylation sites (tertiary alicyclic amines) is 3. The van der Waals surface area contributed by atoms with Crippen LogP contribution in [0.15, 0.2) is 24.3 Å². The molecule has 2 N–H and O–H groups in total. The van der Waals surface area contributed by atoms with E-state index < -0.39 is 6.04 Å². The van der Waals surface area contributed by atoms with Gasteiger partial charge in [-0.25, -0.2) is 0 Å². The summed E-state index contributed by atoms with van der Waals surface area (Å²) in [6.45, 7) is 3.00. The molecular weight excluding hydrogens is 432 g/mol. The lowest BCUT2D eigenvalue weighted by molar-refractivity contribution is -0.141. The SMILES string of the molecule is C[C@@H](c1cccc(C(=O)N(C)C)c1)N1C(=O)[C@H]2C[C@@H]1CN2C[C@H](N)C(=O)N1C2C[C@H]2C[C@H]1C#N. The van der Waals surface area contributed by atoms with Gasteiger partial charge >= 0.3 is 0 Å². The highest BCUT2D eigenvalue weighted by Gasteiger charge is 2.56. The third kappa shape index (κ3) is 3.65. The first kappa shape index (κ1) is 22.8.